The van der Waals surface area contributed by atoms with E-state index in [1.165, 1.54) is 0 Å². The normalized spacial score (nSPS) is 10.3. The summed E-state index contributed by atoms with van der Waals surface area (Å²) in [5.41, 5.74) is 1.88. The number of methoxy groups -OCH3 is 1. The number of nitrogens with zero attached hydrogens (tertiary/aromatic N) is 2. The molecule has 1 aromatic heterocycles. The van der Waals surface area contributed by atoms with Crippen molar-refractivity contribution in [2.75, 3.05) is 13.7 Å². The molecular weight excluding hydrogens is 346 g/mol. The maximum atomic E-state index is 12.2. The number of carbonyl (C=O) groups excluding carboxylic acids is 2. The summed E-state index contributed by atoms with van der Waals surface area (Å²) in [4.78, 5) is 23.9. The molecule has 1 heterocycles. The van der Waals surface area contributed by atoms with Crippen molar-refractivity contribution in [1.82, 2.24) is 15.1 Å². The van der Waals surface area contributed by atoms with Crippen LogP contribution in [-0.4, -0.2) is 35.3 Å². The smallest absolute Gasteiger partial charge is 0.325 e. The first kappa shape index (κ1) is 18.2. The van der Waals surface area contributed by atoms with Gasteiger partial charge in [0, 0.05) is 6.20 Å². The first-order valence-corrected chi connectivity index (χ1v) is 8.33. The lowest BCUT2D eigenvalue weighted by Gasteiger charge is -2.06. The number of rotatable bonds is 7. The highest BCUT2D eigenvalue weighted by Crippen LogP contribution is 2.14. The van der Waals surface area contributed by atoms with E-state index in [0.717, 1.165) is 17.0 Å². The van der Waals surface area contributed by atoms with Crippen LogP contribution in [0.3, 0.4) is 0 Å². The first-order chi connectivity index (χ1) is 13.2. The maximum absolute atomic E-state index is 12.2. The molecule has 0 bridgehead atoms. The Kier molecular flexibility index (Phi) is 5.84. The van der Waals surface area contributed by atoms with Crippen LogP contribution < -0.4 is 10.1 Å². The van der Waals surface area contributed by atoms with E-state index in [9.17, 15) is 9.59 Å². The summed E-state index contributed by atoms with van der Waals surface area (Å²) in [5.74, 6) is -0.224. The monoisotopic (exact) mass is 365 g/mol. The van der Waals surface area contributed by atoms with Crippen molar-refractivity contribution >= 4 is 11.9 Å². The summed E-state index contributed by atoms with van der Waals surface area (Å²) >= 11 is 0. The highest BCUT2D eigenvalue weighted by molar-refractivity contribution is 5.94. The molecule has 0 saturated heterocycles. The van der Waals surface area contributed by atoms with Crippen molar-refractivity contribution in [1.29, 1.82) is 0 Å². The van der Waals surface area contributed by atoms with Crippen LogP contribution in [-0.2, 0) is 16.1 Å². The Labute approximate surface area is 156 Å². The highest BCUT2D eigenvalue weighted by Gasteiger charge is 2.12. The molecule has 2 aromatic carbocycles. The molecule has 0 unspecified atom stereocenters. The first-order valence-electron chi connectivity index (χ1n) is 8.33. The van der Waals surface area contributed by atoms with Crippen LogP contribution in [0.1, 0.15) is 16.1 Å². The minimum absolute atomic E-state index is 0.168. The fraction of sp³-hybridized carbons (Fsp3) is 0.150. The molecule has 1 N–H and O–H groups in total. The largest absolute Gasteiger partial charge is 0.497 e. The lowest BCUT2D eigenvalue weighted by molar-refractivity contribution is -0.143. The Morgan fingerprint density at radius 2 is 1.78 bits per heavy atom. The molecule has 7 nitrogen and oxygen atoms in total. The molecule has 0 aliphatic carbocycles. The van der Waals surface area contributed by atoms with Gasteiger partial charge in [0.05, 0.1) is 12.8 Å². The second-order valence-electron chi connectivity index (χ2n) is 5.67. The predicted molar refractivity (Wildman–Crippen MR) is 98.7 cm³/mol. The molecule has 0 radical (unpaired) electrons. The van der Waals surface area contributed by atoms with Gasteiger partial charge in [-0.3, -0.25) is 9.59 Å². The molecule has 0 fully saturated rings. The summed E-state index contributed by atoms with van der Waals surface area (Å²) in [6, 6.07) is 18.2. The predicted octanol–water partition coefficient (Wildman–Crippen LogP) is 2.35. The van der Waals surface area contributed by atoms with E-state index in [1.54, 1.807) is 36.2 Å². The van der Waals surface area contributed by atoms with Gasteiger partial charge in [-0.25, -0.2) is 4.68 Å². The topological polar surface area (TPSA) is 82.5 Å². The third-order valence-electron chi connectivity index (χ3n) is 3.79. The molecule has 1 amide bonds. The van der Waals surface area contributed by atoms with Gasteiger partial charge >= 0.3 is 5.97 Å². The van der Waals surface area contributed by atoms with Gasteiger partial charge in [-0.1, -0.05) is 30.3 Å². The van der Waals surface area contributed by atoms with Gasteiger partial charge in [-0.05, 0) is 35.9 Å². The number of aromatic nitrogens is 2. The molecule has 27 heavy (non-hydrogen) atoms. The summed E-state index contributed by atoms with van der Waals surface area (Å²) in [6.45, 7) is -0.0529. The van der Waals surface area contributed by atoms with E-state index in [4.69, 9.17) is 9.47 Å². The molecule has 3 aromatic rings. The number of carbonyl (C=O) groups is 2. The average molecular weight is 365 g/mol. The molecular formula is C20H19N3O4. The number of hydrogen-bond donors (Lipinski definition) is 1. The van der Waals surface area contributed by atoms with Crippen molar-refractivity contribution in [2.45, 2.75) is 6.61 Å². The number of esters is 1. The highest BCUT2D eigenvalue weighted by atomic mass is 16.5. The van der Waals surface area contributed by atoms with E-state index < -0.39 is 11.9 Å². The number of amides is 1. The lowest BCUT2D eigenvalue weighted by atomic mass is 10.2. The maximum Gasteiger partial charge on any atom is 0.325 e. The summed E-state index contributed by atoms with van der Waals surface area (Å²) in [7, 11) is 1.59. The standard InChI is InChI=1S/C20H19N3O4/c1-26-17-9-7-16(8-10-17)23-12-11-18(22-23)20(25)21-13-19(24)27-14-15-5-3-2-4-6-15/h2-12H,13-14H2,1H3,(H,21,25). The minimum atomic E-state index is -0.512. The van der Waals surface area contributed by atoms with E-state index in [2.05, 4.69) is 10.4 Å². The van der Waals surface area contributed by atoms with Gasteiger partial charge in [0.15, 0.2) is 5.69 Å². The van der Waals surface area contributed by atoms with Crippen LogP contribution in [0.5, 0.6) is 5.75 Å². The zero-order valence-electron chi connectivity index (χ0n) is 14.8. The Balaban J connectivity index is 1.50. The van der Waals surface area contributed by atoms with Crippen molar-refractivity contribution < 1.29 is 19.1 Å². The molecule has 0 aliphatic heterocycles. The summed E-state index contributed by atoms with van der Waals surface area (Å²) in [6.07, 6.45) is 1.67. The van der Waals surface area contributed by atoms with Gasteiger partial charge in [0.2, 0.25) is 0 Å². The van der Waals surface area contributed by atoms with Crippen LogP contribution in [0.15, 0.2) is 66.9 Å². The van der Waals surface area contributed by atoms with Gasteiger partial charge < -0.3 is 14.8 Å². The fourth-order valence-corrected chi connectivity index (χ4v) is 2.36. The van der Waals surface area contributed by atoms with E-state index in [-0.39, 0.29) is 18.8 Å². The molecule has 0 saturated carbocycles. The van der Waals surface area contributed by atoms with Crippen molar-refractivity contribution in [3.63, 3.8) is 0 Å². The zero-order chi connectivity index (χ0) is 19.1. The van der Waals surface area contributed by atoms with Gasteiger partial charge in [-0.2, -0.15) is 5.10 Å². The molecule has 0 aliphatic rings. The quantitative estimate of drug-likeness (QED) is 0.650. The van der Waals surface area contributed by atoms with Crippen LogP contribution >= 0.6 is 0 Å². The van der Waals surface area contributed by atoms with E-state index in [1.807, 2.05) is 42.5 Å². The lowest BCUT2D eigenvalue weighted by Crippen LogP contribution is -2.30. The molecule has 0 atom stereocenters. The third kappa shape index (κ3) is 4.94. The molecule has 7 heteroatoms. The fourth-order valence-electron chi connectivity index (χ4n) is 2.36. The van der Waals surface area contributed by atoms with Crippen LogP contribution in [0, 0.1) is 0 Å². The molecule has 3 rings (SSSR count). The second-order valence-corrected chi connectivity index (χ2v) is 5.67. The summed E-state index contributed by atoms with van der Waals surface area (Å²) in [5, 5.41) is 6.73. The van der Waals surface area contributed by atoms with Crippen molar-refractivity contribution in [3.8, 4) is 11.4 Å². The third-order valence-corrected chi connectivity index (χ3v) is 3.79. The van der Waals surface area contributed by atoms with Crippen LogP contribution in [0.25, 0.3) is 5.69 Å². The number of ether oxygens (including phenoxy) is 2. The number of benzene rings is 2. The minimum Gasteiger partial charge on any atom is -0.497 e. The summed E-state index contributed by atoms with van der Waals surface area (Å²) < 4.78 is 11.8. The SMILES string of the molecule is COc1ccc(-n2ccc(C(=O)NCC(=O)OCc3ccccc3)n2)cc1. The Bertz CT molecular complexity index is 904. The van der Waals surface area contributed by atoms with E-state index in [0.29, 0.717) is 0 Å². The Hall–Kier alpha value is -3.61. The molecule has 138 valence electrons. The van der Waals surface area contributed by atoms with Gasteiger partial charge in [0.1, 0.15) is 18.9 Å². The zero-order valence-corrected chi connectivity index (χ0v) is 14.8. The van der Waals surface area contributed by atoms with Crippen molar-refractivity contribution in [2.24, 2.45) is 0 Å². The Morgan fingerprint density at radius 3 is 2.48 bits per heavy atom. The number of hydrogen-bond acceptors (Lipinski definition) is 5. The van der Waals surface area contributed by atoms with E-state index >= 15 is 0 Å². The van der Waals surface area contributed by atoms with Crippen LogP contribution in [0.4, 0.5) is 0 Å². The van der Waals surface area contributed by atoms with Gasteiger partial charge in [0.25, 0.3) is 5.91 Å². The van der Waals surface area contributed by atoms with Gasteiger partial charge in [-0.15, -0.1) is 0 Å². The van der Waals surface area contributed by atoms with Crippen LogP contribution in [0.2, 0.25) is 0 Å². The second kappa shape index (κ2) is 8.66. The average Bonchev–Trinajstić information content (AvgIpc) is 3.21. The number of nitrogens with one attached hydrogen (secondary N) is 1. The van der Waals surface area contributed by atoms with Crippen molar-refractivity contribution in [3.05, 3.63) is 78.1 Å². The Morgan fingerprint density at radius 1 is 1.04 bits per heavy atom. The molecule has 0 spiro atoms.